The minimum atomic E-state index is -0.792. The fourth-order valence-corrected chi connectivity index (χ4v) is 4.42. The van der Waals surface area contributed by atoms with Crippen molar-refractivity contribution in [3.63, 3.8) is 0 Å². The fraction of sp³-hybridized carbons (Fsp3) is 0.393. The number of nitrogens with one attached hydrogen (secondary N) is 1. The zero-order chi connectivity index (χ0) is 25.6. The Morgan fingerprint density at radius 2 is 1.74 bits per heavy atom. The topological polar surface area (TPSA) is 84.9 Å². The first-order valence-corrected chi connectivity index (χ1v) is 11.9. The largest absolute Gasteiger partial charge is 0.469 e. The monoisotopic (exact) mass is 478 g/mol. The highest BCUT2D eigenvalue weighted by molar-refractivity contribution is 6.03. The number of likely N-dealkylation sites (tertiary alicyclic amines) is 1. The van der Waals surface area contributed by atoms with Crippen LogP contribution in [0.3, 0.4) is 0 Å². The van der Waals surface area contributed by atoms with Crippen LogP contribution in [0.5, 0.6) is 5.75 Å². The molecular weight excluding hydrogens is 444 g/mol. The van der Waals surface area contributed by atoms with E-state index in [1.807, 2.05) is 45.0 Å². The maximum absolute atomic E-state index is 13.3. The van der Waals surface area contributed by atoms with Crippen LogP contribution in [0.25, 0.3) is 0 Å². The number of β-lactam (4-membered cyclic amide) rings is 1. The van der Waals surface area contributed by atoms with Crippen molar-refractivity contribution < 1.29 is 23.9 Å². The number of carbonyl (C=O) groups is 3. The summed E-state index contributed by atoms with van der Waals surface area (Å²) in [7, 11) is 1.47. The van der Waals surface area contributed by atoms with Crippen LogP contribution in [0, 0.1) is 12.3 Å². The van der Waals surface area contributed by atoms with E-state index in [9.17, 15) is 14.4 Å². The van der Waals surface area contributed by atoms with Gasteiger partial charge in [0.1, 0.15) is 17.8 Å². The first kappa shape index (κ1) is 26.2. The minimum Gasteiger partial charge on any atom is -0.469 e. The third-order valence-electron chi connectivity index (χ3n) is 6.71. The standard InChI is InChI=1S/C28H34N2O5/c1-6-9-23(20-12-10-19(4)11-13-20)29-27(33)30-25(32)28(7-2,8-3)26(30)35-22-16-14-21(15-17-22)24(31)18-34-5/h6,10-17,23,26H,1,7-9,18H2,2-5H3,(H,29,33)/t23?,26-/m0/s1. The molecule has 3 rings (SSSR count). The first-order valence-electron chi connectivity index (χ1n) is 11.9. The van der Waals surface area contributed by atoms with E-state index < -0.39 is 17.7 Å². The molecule has 35 heavy (non-hydrogen) atoms. The molecule has 0 aliphatic carbocycles. The van der Waals surface area contributed by atoms with Gasteiger partial charge in [-0.2, -0.15) is 0 Å². The Balaban J connectivity index is 1.82. The number of hydrogen-bond acceptors (Lipinski definition) is 5. The second kappa shape index (κ2) is 11.3. The molecule has 0 aromatic heterocycles. The Morgan fingerprint density at radius 3 is 2.29 bits per heavy atom. The molecule has 1 unspecified atom stereocenters. The third-order valence-corrected chi connectivity index (χ3v) is 6.71. The van der Waals surface area contributed by atoms with Crippen molar-refractivity contribution in [1.29, 1.82) is 0 Å². The van der Waals surface area contributed by atoms with Crippen LogP contribution in [0.1, 0.15) is 60.6 Å². The number of carbonyl (C=O) groups excluding carboxylic acids is 3. The first-order chi connectivity index (χ1) is 16.8. The van der Waals surface area contributed by atoms with Crippen LogP contribution in [-0.2, 0) is 9.53 Å². The number of ketones is 1. The fourth-order valence-electron chi connectivity index (χ4n) is 4.42. The molecule has 1 aliphatic heterocycles. The van der Waals surface area contributed by atoms with Crippen LogP contribution >= 0.6 is 0 Å². The van der Waals surface area contributed by atoms with Crippen LogP contribution < -0.4 is 10.1 Å². The average Bonchev–Trinajstić information content (AvgIpc) is 2.85. The molecule has 1 aliphatic rings. The molecule has 186 valence electrons. The van der Waals surface area contributed by atoms with Gasteiger partial charge in [-0.25, -0.2) is 9.69 Å². The molecule has 1 saturated heterocycles. The molecule has 1 heterocycles. The molecule has 2 aromatic rings. The van der Waals surface area contributed by atoms with E-state index in [0.717, 1.165) is 11.1 Å². The molecule has 2 atom stereocenters. The van der Waals surface area contributed by atoms with Crippen molar-refractivity contribution in [3.05, 3.63) is 77.9 Å². The summed E-state index contributed by atoms with van der Waals surface area (Å²) in [5.41, 5.74) is 1.76. The Labute approximate surface area is 207 Å². The van der Waals surface area contributed by atoms with Crippen LogP contribution in [0.4, 0.5) is 4.79 Å². The van der Waals surface area contributed by atoms with Crippen molar-refractivity contribution in [1.82, 2.24) is 10.2 Å². The number of aryl methyl sites for hydroxylation is 1. The SMILES string of the molecule is C=CCC(NC(=O)N1C(=O)C(CC)(CC)[C@@H]1Oc1ccc(C(=O)COC)cc1)c1ccc(C)cc1. The zero-order valence-electron chi connectivity index (χ0n) is 20.9. The van der Waals surface area contributed by atoms with Crippen LogP contribution in [0.2, 0.25) is 0 Å². The summed E-state index contributed by atoms with van der Waals surface area (Å²) in [6, 6.07) is 13.7. The van der Waals surface area contributed by atoms with Crippen molar-refractivity contribution in [2.75, 3.05) is 13.7 Å². The number of urea groups is 1. The highest BCUT2D eigenvalue weighted by Crippen LogP contribution is 2.46. The number of amides is 3. The molecule has 3 amide bonds. The maximum Gasteiger partial charge on any atom is 0.327 e. The summed E-state index contributed by atoms with van der Waals surface area (Å²) in [5, 5.41) is 2.98. The number of methoxy groups -OCH3 is 1. The maximum atomic E-state index is 13.3. The van der Waals surface area contributed by atoms with Crippen LogP contribution in [0.15, 0.2) is 61.2 Å². The molecule has 0 spiro atoms. The number of benzene rings is 2. The lowest BCUT2D eigenvalue weighted by molar-refractivity contribution is -0.190. The van der Waals surface area contributed by atoms with E-state index in [0.29, 0.717) is 30.6 Å². The molecule has 7 heteroatoms. The van der Waals surface area contributed by atoms with E-state index >= 15 is 0 Å². The Kier molecular flexibility index (Phi) is 8.46. The van der Waals surface area contributed by atoms with E-state index in [1.54, 1.807) is 30.3 Å². The predicted molar refractivity (Wildman–Crippen MR) is 134 cm³/mol. The number of hydrogen-bond donors (Lipinski definition) is 1. The van der Waals surface area contributed by atoms with E-state index in [2.05, 4.69) is 11.9 Å². The molecule has 0 saturated carbocycles. The minimum absolute atomic E-state index is 0.00703. The van der Waals surface area contributed by atoms with Gasteiger partial charge < -0.3 is 14.8 Å². The third kappa shape index (κ3) is 5.30. The summed E-state index contributed by atoms with van der Waals surface area (Å²) in [6.45, 7) is 9.65. The quantitative estimate of drug-likeness (QED) is 0.272. The normalized spacial score (nSPS) is 17.3. The summed E-state index contributed by atoms with van der Waals surface area (Å²) in [5.74, 6) is 0.0829. The van der Waals surface area contributed by atoms with Crippen molar-refractivity contribution in [3.8, 4) is 5.75 Å². The van der Waals surface area contributed by atoms with Gasteiger partial charge in [0.2, 0.25) is 5.91 Å². The molecular formula is C28H34N2O5. The summed E-state index contributed by atoms with van der Waals surface area (Å²) >= 11 is 0. The van der Waals surface area contributed by atoms with Gasteiger partial charge in [-0.1, -0.05) is 49.8 Å². The Bertz CT molecular complexity index is 1060. The number of Topliss-reactive ketones (excluding diaryl/α,β-unsaturated/α-hetero) is 1. The lowest BCUT2D eigenvalue weighted by Crippen LogP contribution is -2.73. The summed E-state index contributed by atoms with van der Waals surface area (Å²) < 4.78 is 11.1. The number of rotatable bonds is 11. The number of nitrogens with zero attached hydrogens (tertiary/aromatic N) is 1. The lowest BCUT2D eigenvalue weighted by Gasteiger charge is -2.53. The molecule has 2 aromatic carbocycles. The van der Waals surface area contributed by atoms with Gasteiger partial charge in [-0.15, -0.1) is 6.58 Å². The summed E-state index contributed by atoms with van der Waals surface area (Å²) in [6.07, 6.45) is 2.58. The second-order valence-corrected chi connectivity index (χ2v) is 8.83. The highest BCUT2D eigenvalue weighted by Gasteiger charge is 2.63. The van der Waals surface area contributed by atoms with E-state index in [4.69, 9.17) is 9.47 Å². The van der Waals surface area contributed by atoms with Gasteiger partial charge in [0.05, 0.1) is 6.04 Å². The Hall–Kier alpha value is -3.45. The van der Waals surface area contributed by atoms with Gasteiger partial charge in [0.15, 0.2) is 12.0 Å². The highest BCUT2D eigenvalue weighted by atomic mass is 16.5. The summed E-state index contributed by atoms with van der Waals surface area (Å²) in [4.78, 5) is 39.8. The predicted octanol–water partition coefficient (Wildman–Crippen LogP) is 5.20. The van der Waals surface area contributed by atoms with Gasteiger partial charge >= 0.3 is 6.03 Å². The van der Waals surface area contributed by atoms with Gasteiger partial charge in [-0.05, 0) is 56.0 Å². The van der Waals surface area contributed by atoms with E-state index in [-0.39, 0.29) is 24.3 Å². The van der Waals surface area contributed by atoms with Gasteiger partial charge in [0, 0.05) is 12.7 Å². The number of imide groups is 1. The molecule has 1 N–H and O–H groups in total. The number of ether oxygens (including phenoxy) is 2. The van der Waals surface area contributed by atoms with Crippen molar-refractivity contribution >= 4 is 17.7 Å². The smallest absolute Gasteiger partial charge is 0.327 e. The van der Waals surface area contributed by atoms with Gasteiger partial charge in [-0.3, -0.25) is 9.59 Å². The molecule has 1 fully saturated rings. The molecule has 7 nitrogen and oxygen atoms in total. The second-order valence-electron chi connectivity index (χ2n) is 8.83. The molecule has 0 radical (unpaired) electrons. The molecule has 0 bridgehead atoms. The van der Waals surface area contributed by atoms with Crippen molar-refractivity contribution in [2.45, 2.75) is 52.3 Å². The van der Waals surface area contributed by atoms with Gasteiger partial charge in [0.25, 0.3) is 0 Å². The van der Waals surface area contributed by atoms with Crippen LogP contribution in [-0.4, -0.2) is 42.6 Å². The average molecular weight is 479 g/mol. The zero-order valence-corrected chi connectivity index (χ0v) is 20.9. The Morgan fingerprint density at radius 1 is 1.11 bits per heavy atom. The van der Waals surface area contributed by atoms with E-state index in [1.165, 1.54) is 12.0 Å². The lowest BCUT2D eigenvalue weighted by atomic mass is 9.72. The van der Waals surface area contributed by atoms with Crippen molar-refractivity contribution in [2.24, 2.45) is 5.41 Å².